The van der Waals surface area contributed by atoms with Crippen molar-refractivity contribution >= 4 is 0 Å². The quantitative estimate of drug-likeness (QED) is 0.667. The molecule has 0 amide bonds. The van der Waals surface area contributed by atoms with Crippen LogP contribution < -0.4 is 5.32 Å². The highest BCUT2D eigenvalue weighted by Gasteiger charge is 2.21. The molecule has 0 aromatic rings. The normalized spacial score (nSPS) is 24.3. The van der Waals surface area contributed by atoms with Crippen LogP contribution in [0, 0.1) is 0 Å². The van der Waals surface area contributed by atoms with Gasteiger partial charge in [-0.2, -0.15) is 0 Å². The molecule has 0 aromatic heterocycles. The van der Waals surface area contributed by atoms with Gasteiger partial charge < -0.3 is 10.2 Å². The second-order valence-corrected chi connectivity index (χ2v) is 6.10. The highest BCUT2D eigenvalue weighted by Crippen LogP contribution is 2.18. The van der Waals surface area contributed by atoms with Crippen LogP contribution in [0.3, 0.4) is 0 Å². The Morgan fingerprint density at radius 2 is 1.89 bits per heavy atom. The van der Waals surface area contributed by atoms with Crippen molar-refractivity contribution < 1.29 is 0 Å². The molecule has 1 atom stereocenters. The third-order valence-electron chi connectivity index (χ3n) is 4.38. The minimum atomic E-state index is 0.773. The summed E-state index contributed by atoms with van der Waals surface area (Å²) in [5, 5.41) is 3.61. The summed E-state index contributed by atoms with van der Waals surface area (Å²) < 4.78 is 0. The lowest BCUT2D eigenvalue weighted by atomic mass is 10.1. The molecule has 1 unspecified atom stereocenters. The maximum absolute atomic E-state index is 3.61. The molecule has 0 bridgehead atoms. The van der Waals surface area contributed by atoms with E-state index >= 15 is 0 Å². The molecule has 0 radical (unpaired) electrons. The summed E-state index contributed by atoms with van der Waals surface area (Å²) in [4.78, 5) is 5.29. The average Bonchev–Trinajstić information content (AvgIpc) is 3.20. The van der Waals surface area contributed by atoms with Crippen LogP contribution in [-0.2, 0) is 0 Å². The molecular weight excluding hydrogens is 222 g/mol. The van der Waals surface area contributed by atoms with Crippen molar-refractivity contribution in [1.82, 2.24) is 15.1 Å². The van der Waals surface area contributed by atoms with Crippen molar-refractivity contribution in [3.05, 3.63) is 0 Å². The Morgan fingerprint density at radius 1 is 1.17 bits per heavy atom. The van der Waals surface area contributed by atoms with E-state index in [2.05, 4.69) is 29.0 Å². The van der Waals surface area contributed by atoms with Gasteiger partial charge in [-0.3, -0.25) is 4.90 Å². The third-order valence-corrected chi connectivity index (χ3v) is 4.38. The molecule has 3 heteroatoms. The zero-order valence-electron chi connectivity index (χ0n) is 12.3. The minimum absolute atomic E-state index is 0.773. The number of nitrogens with zero attached hydrogens (tertiary/aromatic N) is 2. The Balaban J connectivity index is 1.53. The Labute approximate surface area is 113 Å². The van der Waals surface area contributed by atoms with Crippen molar-refractivity contribution in [2.75, 3.05) is 39.3 Å². The van der Waals surface area contributed by atoms with Gasteiger partial charge in [0.05, 0.1) is 0 Å². The van der Waals surface area contributed by atoms with E-state index < -0.39 is 0 Å². The molecule has 106 valence electrons. The first kappa shape index (κ1) is 14.3. The van der Waals surface area contributed by atoms with Gasteiger partial charge in [-0.25, -0.2) is 0 Å². The van der Waals surface area contributed by atoms with Gasteiger partial charge >= 0.3 is 0 Å². The van der Waals surface area contributed by atoms with Gasteiger partial charge in [0.25, 0.3) is 0 Å². The highest BCUT2D eigenvalue weighted by molar-refractivity contribution is 4.81. The van der Waals surface area contributed by atoms with Crippen molar-refractivity contribution in [2.24, 2.45) is 0 Å². The fourth-order valence-corrected chi connectivity index (χ4v) is 2.92. The van der Waals surface area contributed by atoms with Crippen LogP contribution >= 0.6 is 0 Å². The molecule has 1 aliphatic heterocycles. The summed E-state index contributed by atoms with van der Waals surface area (Å²) in [7, 11) is 0. The first-order valence-electron chi connectivity index (χ1n) is 7.99. The number of nitrogens with one attached hydrogen (secondary N) is 1. The second kappa shape index (κ2) is 7.46. The molecule has 2 rings (SSSR count). The zero-order valence-corrected chi connectivity index (χ0v) is 12.3. The number of hydrogen-bond donors (Lipinski definition) is 1. The van der Waals surface area contributed by atoms with Crippen molar-refractivity contribution in [3.63, 3.8) is 0 Å². The summed E-state index contributed by atoms with van der Waals surface area (Å²) in [5.74, 6) is 0. The lowest BCUT2D eigenvalue weighted by Crippen LogP contribution is -2.49. The molecule has 1 N–H and O–H groups in total. The van der Waals surface area contributed by atoms with E-state index in [-0.39, 0.29) is 0 Å². The SMILES string of the molecule is CCCN1CCN(C(C)CCCNC2CC2)CC1. The van der Waals surface area contributed by atoms with Gasteiger partial charge in [0.2, 0.25) is 0 Å². The van der Waals surface area contributed by atoms with Crippen LogP contribution in [0.2, 0.25) is 0 Å². The smallest absolute Gasteiger partial charge is 0.0113 e. The van der Waals surface area contributed by atoms with E-state index in [4.69, 9.17) is 0 Å². The molecule has 1 heterocycles. The van der Waals surface area contributed by atoms with Crippen molar-refractivity contribution in [3.8, 4) is 0 Å². The van der Waals surface area contributed by atoms with Crippen LogP contribution in [0.1, 0.15) is 46.0 Å². The molecule has 18 heavy (non-hydrogen) atoms. The third kappa shape index (κ3) is 4.87. The average molecular weight is 253 g/mol. The molecular formula is C15H31N3. The molecule has 0 aromatic carbocycles. The van der Waals surface area contributed by atoms with Crippen LogP contribution in [0.4, 0.5) is 0 Å². The van der Waals surface area contributed by atoms with Gasteiger partial charge in [-0.1, -0.05) is 6.92 Å². The van der Waals surface area contributed by atoms with E-state index in [9.17, 15) is 0 Å². The van der Waals surface area contributed by atoms with Crippen LogP contribution in [-0.4, -0.2) is 61.2 Å². The Kier molecular flexibility index (Phi) is 5.93. The van der Waals surface area contributed by atoms with E-state index in [1.807, 2.05) is 0 Å². The first-order valence-corrected chi connectivity index (χ1v) is 7.99. The maximum atomic E-state index is 3.61. The lowest BCUT2D eigenvalue weighted by Gasteiger charge is -2.38. The minimum Gasteiger partial charge on any atom is -0.314 e. The Morgan fingerprint density at radius 3 is 2.50 bits per heavy atom. The fraction of sp³-hybridized carbons (Fsp3) is 1.00. The van der Waals surface area contributed by atoms with E-state index in [1.54, 1.807) is 0 Å². The Bertz CT molecular complexity index is 220. The van der Waals surface area contributed by atoms with Gasteiger partial charge in [0.15, 0.2) is 0 Å². The van der Waals surface area contributed by atoms with Gasteiger partial charge in [-0.05, 0) is 52.1 Å². The van der Waals surface area contributed by atoms with Crippen LogP contribution in [0.25, 0.3) is 0 Å². The molecule has 0 spiro atoms. The predicted octanol–water partition coefficient (Wildman–Crippen LogP) is 1.93. The molecule has 2 aliphatic rings. The van der Waals surface area contributed by atoms with E-state index in [1.165, 1.54) is 71.4 Å². The standard InChI is InChI=1S/C15H31N3/c1-3-9-17-10-12-18(13-11-17)14(2)5-4-8-16-15-6-7-15/h14-16H,3-13H2,1-2H3. The molecule has 2 fully saturated rings. The monoisotopic (exact) mass is 253 g/mol. The van der Waals surface area contributed by atoms with Gasteiger partial charge in [0, 0.05) is 38.3 Å². The Hall–Kier alpha value is -0.120. The van der Waals surface area contributed by atoms with Gasteiger partial charge in [0.1, 0.15) is 0 Å². The van der Waals surface area contributed by atoms with E-state index in [0.29, 0.717) is 0 Å². The predicted molar refractivity (Wildman–Crippen MR) is 78.0 cm³/mol. The molecule has 1 aliphatic carbocycles. The van der Waals surface area contributed by atoms with Crippen LogP contribution in [0.15, 0.2) is 0 Å². The summed E-state index contributed by atoms with van der Waals surface area (Å²) >= 11 is 0. The zero-order chi connectivity index (χ0) is 12.8. The molecule has 3 nitrogen and oxygen atoms in total. The summed E-state index contributed by atoms with van der Waals surface area (Å²) in [6, 6.07) is 1.65. The molecule has 1 saturated carbocycles. The largest absolute Gasteiger partial charge is 0.314 e. The highest BCUT2D eigenvalue weighted by atomic mass is 15.3. The summed E-state index contributed by atoms with van der Waals surface area (Å²) in [6.07, 6.45) is 6.81. The number of hydrogen-bond acceptors (Lipinski definition) is 3. The second-order valence-electron chi connectivity index (χ2n) is 6.10. The maximum Gasteiger partial charge on any atom is 0.0113 e. The summed E-state index contributed by atoms with van der Waals surface area (Å²) in [6.45, 7) is 12.3. The van der Waals surface area contributed by atoms with Crippen molar-refractivity contribution in [2.45, 2.75) is 58.0 Å². The first-order chi connectivity index (χ1) is 8.79. The number of rotatable bonds is 8. The van der Waals surface area contributed by atoms with Crippen LogP contribution in [0.5, 0.6) is 0 Å². The lowest BCUT2D eigenvalue weighted by molar-refractivity contribution is 0.0980. The van der Waals surface area contributed by atoms with Crippen molar-refractivity contribution in [1.29, 1.82) is 0 Å². The summed E-state index contributed by atoms with van der Waals surface area (Å²) in [5.41, 5.74) is 0. The number of piperazine rings is 1. The molecule has 1 saturated heterocycles. The van der Waals surface area contributed by atoms with E-state index in [0.717, 1.165) is 12.1 Å². The fourth-order valence-electron chi connectivity index (χ4n) is 2.92. The topological polar surface area (TPSA) is 18.5 Å². The van der Waals surface area contributed by atoms with Gasteiger partial charge in [-0.15, -0.1) is 0 Å².